The fourth-order valence-electron chi connectivity index (χ4n) is 3.10. The van der Waals surface area contributed by atoms with E-state index in [1.807, 2.05) is 0 Å². The molecule has 1 aliphatic heterocycles. The highest BCUT2D eigenvalue weighted by Crippen LogP contribution is 2.38. The third-order valence-electron chi connectivity index (χ3n) is 4.56. The lowest BCUT2D eigenvalue weighted by Gasteiger charge is -2.26. The van der Waals surface area contributed by atoms with Crippen molar-refractivity contribution in [3.8, 4) is 0 Å². The summed E-state index contributed by atoms with van der Waals surface area (Å²) in [4.78, 5) is 12.1. The zero-order valence-corrected chi connectivity index (χ0v) is 17.9. The SMILES string of the molecule is O=C(NC1CS(=O)(=O)C1)c1ccc(/C=C/C(c2cc(Cl)cc(Cl)c2)C(F)(F)F)cc1F. The van der Waals surface area contributed by atoms with Crippen molar-refractivity contribution in [2.24, 2.45) is 0 Å². The number of hydrogen-bond acceptors (Lipinski definition) is 3. The topological polar surface area (TPSA) is 63.2 Å². The average molecular weight is 496 g/mol. The van der Waals surface area contributed by atoms with Crippen molar-refractivity contribution in [2.45, 2.75) is 18.1 Å². The predicted octanol–water partition coefficient (Wildman–Crippen LogP) is 5.02. The van der Waals surface area contributed by atoms with Crippen molar-refractivity contribution in [1.29, 1.82) is 0 Å². The molecular formula is C20H15Cl2F4NO3S. The third-order valence-corrected chi connectivity index (χ3v) is 6.82. The summed E-state index contributed by atoms with van der Waals surface area (Å²) >= 11 is 11.6. The molecule has 0 aliphatic carbocycles. The number of alkyl halides is 3. The van der Waals surface area contributed by atoms with E-state index in [9.17, 15) is 30.8 Å². The Balaban J connectivity index is 1.79. The number of benzene rings is 2. The number of carbonyl (C=O) groups is 1. The van der Waals surface area contributed by atoms with Gasteiger partial charge in [0.25, 0.3) is 5.91 Å². The number of allylic oxidation sites excluding steroid dienone is 1. The standard InChI is InChI=1S/C20H15Cl2F4NO3S/c21-13-6-12(7-14(22)8-13)17(20(24,25)26)4-2-11-1-3-16(18(23)5-11)19(28)27-15-9-31(29,30)10-15/h1-8,15,17H,9-10H2,(H,27,28)/b4-2+. The fourth-order valence-corrected chi connectivity index (χ4v) is 4.94. The molecule has 1 saturated heterocycles. The molecular weight excluding hydrogens is 481 g/mol. The maximum Gasteiger partial charge on any atom is 0.399 e. The Labute approximate surface area is 185 Å². The summed E-state index contributed by atoms with van der Waals surface area (Å²) in [6, 6.07) is 6.33. The molecule has 0 aromatic heterocycles. The van der Waals surface area contributed by atoms with Gasteiger partial charge in [0.2, 0.25) is 0 Å². The van der Waals surface area contributed by atoms with Crippen molar-refractivity contribution >= 4 is 45.0 Å². The molecule has 0 bridgehead atoms. The van der Waals surface area contributed by atoms with Crippen molar-refractivity contribution in [3.05, 3.63) is 75.0 Å². The Hall–Kier alpha value is -2.10. The van der Waals surface area contributed by atoms with Crippen LogP contribution in [0.15, 0.2) is 42.5 Å². The van der Waals surface area contributed by atoms with Gasteiger partial charge < -0.3 is 5.32 Å². The van der Waals surface area contributed by atoms with Gasteiger partial charge in [-0.15, -0.1) is 0 Å². The molecule has 11 heteroatoms. The van der Waals surface area contributed by atoms with Crippen molar-refractivity contribution in [3.63, 3.8) is 0 Å². The van der Waals surface area contributed by atoms with E-state index in [2.05, 4.69) is 5.32 Å². The van der Waals surface area contributed by atoms with Crippen LogP contribution in [0, 0.1) is 5.82 Å². The average Bonchev–Trinajstić information content (AvgIpc) is 2.58. The molecule has 1 amide bonds. The Bertz CT molecular complexity index is 1120. The summed E-state index contributed by atoms with van der Waals surface area (Å²) in [6.07, 6.45) is -2.72. The molecule has 3 rings (SSSR count). The van der Waals surface area contributed by atoms with Gasteiger partial charge in [0, 0.05) is 10.0 Å². The summed E-state index contributed by atoms with van der Waals surface area (Å²) in [7, 11) is -3.16. The summed E-state index contributed by atoms with van der Waals surface area (Å²) in [6.45, 7) is 0. The molecule has 1 fully saturated rings. The summed E-state index contributed by atoms with van der Waals surface area (Å²) in [5, 5.41) is 2.49. The van der Waals surface area contributed by atoms with Crippen LogP contribution in [-0.2, 0) is 9.84 Å². The fraction of sp³-hybridized carbons (Fsp3) is 0.250. The molecule has 1 aliphatic rings. The Morgan fingerprint density at radius 3 is 2.23 bits per heavy atom. The van der Waals surface area contributed by atoms with Crippen LogP contribution in [0.1, 0.15) is 27.4 Å². The number of carbonyl (C=O) groups excluding carboxylic acids is 1. The Kier molecular flexibility index (Phi) is 6.69. The summed E-state index contributed by atoms with van der Waals surface area (Å²) in [5.41, 5.74) is -0.411. The van der Waals surface area contributed by atoms with E-state index in [-0.39, 0.29) is 38.2 Å². The quantitative estimate of drug-likeness (QED) is 0.592. The monoisotopic (exact) mass is 495 g/mol. The molecule has 1 atom stereocenters. The van der Waals surface area contributed by atoms with E-state index < -0.39 is 39.7 Å². The second kappa shape index (κ2) is 8.80. The number of nitrogens with one attached hydrogen (secondary N) is 1. The van der Waals surface area contributed by atoms with Crippen LogP contribution < -0.4 is 5.32 Å². The van der Waals surface area contributed by atoms with E-state index in [4.69, 9.17) is 23.2 Å². The molecule has 0 radical (unpaired) electrons. The first-order valence-corrected chi connectivity index (χ1v) is 11.4. The van der Waals surface area contributed by atoms with Gasteiger partial charge in [0.05, 0.1) is 29.0 Å². The first kappa shape index (κ1) is 23.6. The highest BCUT2D eigenvalue weighted by Gasteiger charge is 2.39. The molecule has 1 heterocycles. The number of rotatable bonds is 5. The largest absolute Gasteiger partial charge is 0.399 e. The van der Waals surface area contributed by atoms with Gasteiger partial charge in [0.1, 0.15) is 5.82 Å². The summed E-state index contributed by atoms with van der Waals surface area (Å²) in [5.74, 6) is -4.21. The molecule has 1 N–H and O–H groups in total. The molecule has 0 saturated carbocycles. The third kappa shape index (κ3) is 5.99. The number of halogens is 6. The van der Waals surface area contributed by atoms with Gasteiger partial charge in [0.15, 0.2) is 9.84 Å². The number of hydrogen-bond donors (Lipinski definition) is 1. The van der Waals surface area contributed by atoms with Gasteiger partial charge >= 0.3 is 6.18 Å². The highest BCUT2D eigenvalue weighted by atomic mass is 35.5. The van der Waals surface area contributed by atoms with Gasteiger partial charge in [-0.1, -0.05) is 41.4 Å². The minimum absolute atomic E-state index is 0.0471. The van der Waals surface area contributed by atoms with Gasteiger partial charge in [-0.3, -0.25) is 4.79 Å². The zero-order valence-electron chi connectivity index (χ0n) is 15.6. The van der Waals surface area contributed by atoms with Crippen molar-refractivity contribution < 1.29 is 30.8 Å². The number of sulfone groups is 1. The van der Waals surface area contributed by atoms with Crippen LogP contribution in [0.3, 0.4) is 0 Å². The molecule has 31 heavy (non-hydrogen) atoms. The van der Waals surface area contributed by atoms with Gasteiger partial charge in [-0.2, -0.15) is 13.2 Å². The van der Waals surface area contributed by atoms with Crippen LogP contribution in [0.2, 0.25) is 10.0 Å². The molecule has 0 spiro atoms. The lowest BCUT2D eigenvalue weighted by atomic mass is 9.97. The van der Waals surface area contributed by atoms with Crippen molar-refractivity contribution in [2.75, 3.05) is 11.5 Å². The smallest absolute Gasteiger partial charge is 0.347 e. The molecule has 2 aromatic rings. The molecule has 2 aromatic carbocycles. The first-order chi connectivity index (χ1) is 14.3. The predicted molar refractivity (Wildman–Crippen MR) is 111 cm³/mol. The maximum absolute atomic E-state index is 14.3. The van der Waals surface area contributed by atoms with Gasteiger partial charge in [-0.25, -0.2) is 12.8 Å². The second-order valence-corrected chi connectivity index (χ2v) is 10.1. The second-order valence-electron chi connectivity index (χ2n) is 7.07. The van der Waals surface area contributed by atoms with E-state index >= 15 is 0 Å². The van der Waals surface area contributed by atoms with Crippen LogP contribution in [0.4, 0.5) is 17.6 Å². The molecule has 1 unspecified atom stereocenters. The normalized spacial score (nSPS) is 17.4. The van der Waals surface area contributed by atoms with Crippen molar-refractivity contribution in [1.82, 2.24) is 5.32 Å². The minimum Gasteiger partial charge on any atom is -0.347 e. The summed E-state index contributed by atoms with van der Waals surface area (Å²) < 4.78 is 77.2. The molecule has 4 nitrogen and oxygen atoms in total. The van der Waals surface area contributed by atoms with Crippen LogP contribution >= 0.6 is 23.2 Å². The van der Waals surface area contributed by atoms with E-state index in [0.717, 1.165) is 36.4 Å². The van der Waals surface area contributed by atoms with Crippen LogP contribution in [0.25, 0.3) is 6.08 Å². The maximum atomic E-state index is 14.3. The Morgan fingerprint density at radius 2 is 1.71 bits per heavy atom. The van der Waals surface area contributed by atoms with E-state index in [1.165, 1.54) is 12.1 Å². The lowest BCUT2D eigenvalue weighted by molar-refractivity contribution is -0.139. The highest BCUT2D eigenvalue weighted by molar-refractivity contribution is 7.92. The number of amides is 1. The molecule has 166 valence electrons. The first-order valence-electron chi connectivity index (χ1n) is 8.86. The van der Waals surface area contributed by atoms with E-state index in [0.29, 0.717) is 0 Å². The minimum atomic E-state index is -4.65. The van der Waals surface area contributed by atoms with E-state index in [1.54, 1.807) is 0 Å². The van der Waals surface area contributed by atoms with Crippen LogP contribution in [-0.4, -0.2) is 38.0 Å². The lowest BCUT2D eigenvalue weighted by Crippen LogP contribution is -2.53. The Morgan fingerprint density at radius 1 is 1.10 bits per heavy atom. The zero-order chi connectivity index (χ0) is 23.0. The van der Waals surface area contributed by atoms with Gasteiger partial charge in [-0.05, 0) is 41.5 Å². The van der Waals surface area contributed by atoms with Crippen LogP contribution in [0.5, 0.6) is 0 Å².